The van der Waals surface area contributed by atoms with Crippen molar-refractivity contribution < 1.29 is 9.53 Å². The first kappa shape index (κ1) is 19.4. The van der Waals surface area contributed by atoms with Gasteiger partial charge in [-0.2, -0.15) is 0 Å². The van der Waals surface area contributed by atoms with Crippen LogP contribution in [-0.4, -0.2) is 18.6 Å². The van der Waals surface area contributed by atoms with Crippen LogP contribution in [0.3, 0.4) is 0 Å². The zero-order valence-electron chi connectivity index (χ0n) is 15.5. The van der Waals surface area contributed by atoms with Crippen molar-refractivity contribution in [3.63, 3.8) is 0 Å². The molecule has 0 radical (unpaired) electrons. The van der Waals surface area contributed by atoms with Gasteiger partial charge in [-0.25, -0.2) is 0 Å². The molecule has 0 aliphatic heterocycles. The smallest absolute Gasteiger partial charge is 0.251 e. The lowest BCUT2D eigenvalue weighted by molar-refractivity contribution is 0.0939. The maximum atomic E-state index is 12.4. The molecule has 0 saturated carbocycles. The van der Waals surface area contributed by atoms with Crippen LogP contribution >= 0.6 is 11.8 Å². The number of rotatable bonds is 8. The van der Waals surface area contributed by atoms with Gasteiger partial charge in [0.15, 0.2) is 0 Å². The van der Waals surface area contributed by atoms with Gasteiger partial charge in [0.2, 0.25) is 0 Å². The van der Waals surface area contributed by atoms with Crippen molar-refractivity contribution in [1.82, 2.24) is 5.32 Å². The van der Waals surface area contributed by atoms with E-state index in [9.17, 15) is 4.79 Å². The molecule has 134 valence electrons. The zero-order valence-corrected chi connectivity index (χ0v) is 16.3. The molecule has 0 aliphatic rings. The molecule has 1 atom stereocenters. The largest absolute Gasteiger partial charge is 0.494 e. The quantitative estimate of drug-likeness (QED) is 0.659. The fraction of sp³-hybridized carbons (Fsp3) is 0.381. The van der Waals surface area contributed by atoms with Gasteiger partial charge in [-0.3, -0.25) is 4.79 Å². The summed E-state index contributed by atoms with van der Waals surface area (Å²) in [5, 5.41) is 3.02. The third kappa shape index (κ3) is 5.82. The van der Waals surface area contributed by atoms with E-state index in [0.29, 0.717) is 12.2 Å². The number of aryl methyl sites for hydroxylation is 1. The Kier molecular flexibility index (Phi) is 7.38. The number of hydrogen-bond acceptors (Lipinski definition) is 3. The van der Waals surface area contributed by atoms with Crippen LogP contribution in [0.4, 0.5) is 0 Å². The minimum atomic E-state index is -0.0287. The van der Waals surface area contributed by atoms with E-state index >= 15 is 0 Å². The summed E-state index contributed by atoms with van der Waals surface area (Å²) >= 11 is 1.75. The molecule has 2 aromatic rings. The normalized spacial score (nSPS) is 11.8. The van der Waals surface area contributed by atoms with Crippen LogP contribution in [-0.2, 0) is 5.75 Å². The molecule has 0 aromatic heterocycles. The van der Waals surface area contributed by atoms with Gasteiger partial charge in [-0.15, -0.1) is 11.8 Å². The fourth-order valence-corrected chi connectivity index (χ4v) is 3.21. The van der Waals surface area contributed by atoms with Gasteiger partial charge < -0.3 is 10.1 Å². The van der Waals surface area contributed by atoms with E-state index in [1.165, 1.54) is 10.5 Å². The van der Waals surface area contributed by atoms with Gasteiger partial charge in [0, 0.05) is 27.8 Å². The molecular weight excluding hydrogens is 330 g/mol. The molecule has 0 saturated heterocycles. The van der Waals surface area contributed by atoms with Crippen molar-refractivity contribution in [3.05, 3.63) is 59.2 Å². The highest BCUT2D eigenvalue weighted by atomic mass is 32.2. The van der Waals surface area contributed by atoms with E-state index in [1.807, 2.05) is 32.0 Å². The number of carbonyl (C=O) groups is 1. The second-order valence-electron chi connectivity index (χ2n) is 6.14. The van der Waals surface area contributed by atoms with E-state index < -0.39 is 0 Å². The third-order valence-corrected chi connectivity index (χ3v) is 5.09. The molecule has 2 rings (SSSR count). The maximum Gasteiger partial charge on any atom is 0.251 e. The Morgan fingerprint density at radius 2 is 1.88 bits per heavy atom. The van der Waals surface area contributed by atoms with Gasteiger partial charge in [-0.1, -0.05) is 24.6 Å². The van der Waals surface area contributed by atoms with Gasteiger partial charge >= 0.3 is 0 Å². The highest BCUT2D eigenvalue weighted by Crippen LogP contribution is 2.29. The highest BCUT2D eigenvalue weighted by molar-refractivity contribution is 7.98. The average molecular weight is 358 g/mol. The van der Waals surface area contributed by atoms with Crippen molar-refractivity contribution in [3.8, 4) is 5.75 Å². The summed E-state index contributed by atoms with van der Waals surface area (Å²) < 4.78 is 5.74. The van der Waals surface area contributed by atoms with E-state index in [1.54, 1.807) is 11.8 Å². The van der Waals surface area contributed by atoms with Crippen molar-refractivity contribution in [2.24, 2.45) is 0 Å². The lowest BCUT2D eigenvalue weighted by atomic mass is 10.1. The van der Waals surface area contributed by atoms with Gasteiger partial charge in [-0.05, 0) is 57.5 Å². The topological polar surface area (TPSA) is 38.3 Å². The number of amides is 1. The van der Waals surface area contributed by atoms with Gasteiger partial charge in [0.1, 0.15) is 5.75 Å². The van der Waals surface area contributed by atoms with Crippen molar-refractivity contribution in [2.45, 2.75) is 50.8 Å². The summed E-state index contributed by atoms with van der Waals surface area (Å²) in [6.45, 7) is 8.75. The summed E-state index contributed by atoms with van der Waals surface area (Å²) in [7, 11) is 0. The average Bonchev–Trinajstić information content (AvgIpc) is 2.62. The summed E-state index contributed by atoms with van der Waals surface area (Å²) in [5.41, 5.74) is 2.98. The number of benzene rings is 2. The standard InChI is InChI=1S/C21H27NO2S/c1-5-16(4)22-21(23)17-9-12-20(24-6-2)18(13-17)14-25-19-10-7-15(3)8-11-19/h7-13,16H,5-6,14H2,1-4H3,(H,22,23)/t16-/m1/s1. The Labute approximate surface area is 155 Å². The molecule has 0 aliphatic carbocycles. The number of nitrogens with one attached hydrogen (secondary N) is 1. The van der Waals surface area contributed by atoms with Crippen LogP contribution in [0.5, 0.6) is 5.75 Å². The van der Waals surface area contributed by atoms with E-state index in [2.05, 4.69) is 43.4 Å². The monoisotopic (exact) mass is 357 g/mol. The summed E-state index contributed by atoms with van der Waals surface area (Å²) in [6.07, 6.45) is 0.916. The minimum absolute atomic E-state index is 0.0287. The van der Waals surface area contributed by atoms with Crippen molar-refractivity contribution >= 4 is 17.7 Å². The van der Waals surface area contributed by atoms with Crippen LogP contribution in [0.15, 0.2) is 47.4 Å². The van der Waals surface area contributed by atoms with Crippen LogP contribution in [0, 0.1) is 6.92 Å². The molecular formula is C21H27NO2S. The number of thioether (sulfide) groups is 1. The Morgan fingerprint density at radius 1 is 1.16 bits per heavy atom. The Morgan fingerprint density at radius 3 is 2.52 bits per heavy atom. The zero-order chi connectivity index (χ0) is 18.2. The van der Waals surface area contributed by atoms with Crippen molar-refractivity contribution in [2.75, 3.05) is 6.61 Å². The Balaban J connectivity index is 2.16. The van der Waals surface area contributed by atoms with Crippen LogP contribution in [0.2, 0.25) is 0 Å². The second kappa shape index (κ2) is 9.52. The summed E-state index contributed by atoms with van der Waals surface area (Å²) in [6, 6.07) is 14.3. The molecule has 2 aromatic carbocycles. The first-order valence-corrected chi connectivity index (χ1v) is 9.78. The molecule has 1 amide bonds. The lowest BCUT2D eigenvalue weighted by Gasteiger charge is -2.14. The molecule has 0 heterocycles. The first-order chi connectivity index (χ1) is 12.0. The molecule has 0 fully saturated rings. The maximum absolute atomic E-state index is 12.4. The highest BCUT2D eigenvalue weighted by Gasteiger charge is 2.12. The number of carbonyl (C=O) groups excluding carboxylic acids is 1. The van der Waals surface area contributed by atoms with Crippen molar-refractivity contribution in [1.29, 1.82) is 0 Å². The minimum Gasteiger partial charge on any atom is -0.494 e. The number of hydrogen-bond donors (Lipinski definition) is 1. The second-order valence-corrected chi connectivity index (χ2v) is 7.19. The summed E-state index contributed by atoms with van der Waals surface area (Å²) in [4.78, 5) is 13.6. The van der Waals surface area contributed by atoms with E-state index in [4.69, 9.17) is 4.74 Å². The molecule has 0 bridgehead atoms. The van der Waals surface area contributed by atoms with Gasteiger partial charge in [0.25, 0.3) is 5.91 Å². The predicted molar refractivity (Wildman–Crippen MR) is 106 cm³/mol. The van der Waals surface area contributed by atoms with Gasteiger partial charge in [0.05, 0.1) is 6.61 Å². The van der Waals surface area contributed by atoms with Crippen LogP contribution in [0.25, 0.3) is 0 Å². The van der Waals surface area contributed by atoms with E-state index in [-0.39, 0.29) is 11.9 Å². The number of ether oxygens (including phenoxy) is 1. The SMILES string of the molecule is CCOc1ccc(C(=O)N[C@H](C)CC)cc1CSc1ccc(C)cc1. The molecule has 0 unspecified atom stereocenters. The Bertz CT molecular complexity index is 698. The van der Waals surface area contributed by atoms with E-state index in [0.717, 1.165) is 23.5 Å². The molecule has 25 heavy (non-hydrogen) atoms. The fourth-order valence-electron chi connectivity index (χ4n) is 2.33. The van der Waals surface area contributed by atoms with Crippen LogP contribution in [0.1, 0.15) is 48.7 Å². The Hall–Kier alpha value is -1.94. The molecule has 3 nitrogen and oxygen atoms in total. The third-order valence-electron chi connectivity index (χ3n) is 4.03. The van der Waals surface area contributed by atoms with Crippen LogP contribution < -0.4 is 10.1 Å². The predicted octanol–water partition coefficient (Wildman–Crippen LogP) is 5.21. The molecule has 0 spiro atoms. The first-order valence-electron chi connectivity index (χ1n) is 8.79. The molecule has 1 N–H and O–H groups in total. The lowest BCUT2D eigenvalue weighted by Crippen LogP contribution is -2.31. The summed E-state index contributed by atoms with van der Waals surface area (Å²) in [5.74, 6) is 1.59. The molecule has 4 heteroatoms.